The van der Waals surface area contributed by atoms with E-state index in [1.165, 1.54) is 6.92 Å². The van der Waals surface area contributed by atoms with Crippen LogP contribution in [0.3, 0.4) is 0 Å². The fraction of sp³-hybridized carbons (Fsp3) is 1.00. The Kier molecular flexibility index (Phi) is 7.61. The molecule has 2 rings (SSSR count). The van der Waals surface area contributed by atoms with E-state index in [9.17, 15) is 20.3 Å². The summed E-state index contributed by atoms with van der Waals surface area (Å²) in [4.78, 5) is 12.6. The quantitative estimate of drug-likeness (QED) is 0.325. The summed E-state index contributed by atoms with van der Waals surface area (Å²) >= 11 is 0. The molecule has 5 atom stereocenters. The van der Waals surface area contributed by atoms with E-state index in [0.29, 0.717) is 18.9 Å². The van der Waals surface area contributed by atoms with Crippen molar-refractivity contribution < 1.29 is 19.9 Å². The number of rotatable bonds is 8. The zero-order valence-electron chi connectivity index (χ0n) is 17.2. The summed E-state index contributed by atoms with van der Waals surface area (Å²) in [6.07, 6.45) is 1.81. The van der Waals surface area contributed by atoms with Crippen LogP contribution >= 0.6 is 0 Å². The van der Waals surface area contributed by atoms with Crippen molar-refractivity contribution in [3.05, 3.63) is 10.1 Å². The Hall–Kier alpha value is -0.800. The number of ether oxygens (including phenoxy) is 1. The highest BCUT2D eigenvalue weighted by Gasteiger charge is 2.45. The van der Waals surface area contributed by atoms with E-state index in [1.54, 1.807) is 0 Å². The second-order valence-electron chi connectivity index (χ2n) is 9.19. The third-order valence-corrected chi connectivity index (χ3v) is 6.46. The normalized spacial score (nSPS) is 33.6. The van der Waals surface area contributed by atoms with Crippen LogP contribution in [0.1, 0.15) is 47.0 Å². The number of aliphatic hydroxyl groups is 2. The van der Waals surface area contributed by atoms with E-state index in [-0.39, 0.29) is 24.0 Å². The number of aliphatic hydroxyl groups excluding tert-OH is 1. The summed E-state index contributed by atoms with van der Waals surface area (Å²) in [5, 5.41) is 35.2. The van der Waals surface area contributed by atoms with E-state index in [0.717, 1.165) is 39.0 Å². The predicted molar refractivity (Wildman–Crippen MR) is 103 cm³/mol. The van der Waals surface area contributed by atoms with Crippen LogP contribution < -0.4 is 5.32 Å². The maximum atomic E-state index is 11.0. The number of nitro groups is 1. The summed E-state index contributed by atoms with van der Waals surface area (Å²) in [5.74, 6) is 0.650. The molecular formula is C19H37N3O5. The van der Waals surface area contributed by atoms with Crippen LogP contribution in [-0.2, 0) is 4.74 Å². The standard InChI is InChI=1S/C19H37N3O5/c1-14(2)15-5-6-18(3,17(23)12-21-9-7-20-8-10-21)11-16(15)27-13-19(4,24)22(25)26/h14-17,20,23-24H,5-13H2,1-4H3. The van der Waals surface area contributed by atoms with Crippen LogP contribution in [0.15, 0.2) is 0 Å². The summed E-state index contributed by atoms with van der Waals surface area (Å²) in [6, 6.07) is 0. The number of hydrogen-bond acceptors (Lipinski definition) is 7. The Bertz CT molecular complexity index is 496. The lowest BCUT2D eigenvalue weighted by atomic mass is 9.64. The van der Waals surface area contributed by atoms with E-state index >= 15 is 0 Å². The molecule has 1 saturated heterocycles. The van der Waals surface area contributed by atoms with E-state index in [2.05, 4.69) is 31.0 Å². The highest BCUT2D eigenvalue weighted by molar-refractivity contribution is 4.95. The maximum Gasteiger partial charge on any atom is 0.342 e. The highest BCUT2D eigenvalue weighted by Crippen LogP contribution is 2.45. The SMILES string of the molecule is CC(C)C1CCC(C)(C(O)CN2CCNCC2)CC1OCC(C)(O)[N+](=O)[O-]. The van der Waals surface area contributed by atoms with E-state index in [4.69, 9.17) is 4.74 Å². The van der Waals surface area contributed by atoms with Crippen LogP contribution in [0.4, 0.5) is 0 Å². The minimum absolute atomic E-state index is 0.201. The number of nitrogens with one attached hydrogen (secondary N) is 1. The number of piperazine rings is 1. The van der Waals surface area contributed by atoms with Gasteiger partial charge in [0.05, 0.1) is 17.1 Å². The second-order valence-corrected chi connectivity index (χ2v) is 9.19. The molecule has 0 aromatic heterocycles. The minimum Gasteiger partial charge on any atom is -0.391 e. The molecule has 8 nitrogen and oxygen atoms in total. The number of hydrogen-bond donors (Lipinski definition) is 3. The molecule has 3 N–H and O–H groups in total. The Balaban J connectivity index is 2.02. The van der Waals surface area contributed by atoms with Crippen molar-refractivity contribution in [3.63, 3.8) is 0 Å². The fourth-order valence-electron chi connectivity index (χ4n) is 4.32. The summed E-state index contributed by atoms with van der Waals surface area (Å²) in [7, 11) is 0. The first-order valence-electron chi connectivity index (χ1n) is 10.1. The van der Waals surface area contributed by atoms with Gasteiger partial charge in [0.15, 0.2) is 0 Å². The zero-order valence-corrected chi connectivity index (χ0v) is 17.2. The molecule has 1 aliphatic carbocycles. The molecule has 0 aromatic carbocycles. The van der Waals surface area contributed by atoms with Gasteiger partial charge in [-0.05, 0) is 36.5 Å². The molecule has 158 valence electrons. The van der Waals surface area contributed by atoms with Crippen molar-refractivity contribution >= 4 is 0 Å². The van der Waals surface area contributed by atoms with Gasteiger partial charge in [0.2, 0.25) is 0 Å². The molecule has 2 fully saturated rings. The van der Waals surface area contributed by atoms with Gasteiger partial charge in [-0.3, -0.25) is 15.0 Å². The zero-order chi connectivity index (χ0) is 20.2. The van der Waals surface area contributed by atoms with Gasteiger partial charge >= 0.3 is 5.72 Å². The first-order valence-corrected chi connectivity index (χ1v) is 10.1. The van der Waals surface area contributed by atoms with E-state index < -0.39 is 16.8 Å². The van der Waals surface area contributed by atoms with Crippen LogP contribution in [0.2, 0.25) is 0 Å². The lowest BCUT2D eigenvalue weighted by molar-refractivity contribution is -0.624. The molecule has 0 amide bonds. The third-order valence-electron chi connectivity index (χ3n) is 6.46. The first kappa shape index (κ1) is 22.5. The summed E-state index contributed by atoms with van der Waals surface area (Å²) in [6.45, 7) is 11.6. The molecule has 1 aliphatic heterocycles. The topological polar surface area (TPSA) is 108 Å². The lowest BCUT2D eigenvalue weighted by Gasteiger charge is -2.47. The number of β-amino-alcohol motifs (C(OH)–C–C–N with tert-alkyl or cyclic N) is 1. The smallest absolute Gasteiger partial charge is 0.342 e. The fourth-order valence-corrected chi connectivity index (χ4v) is 4.32. The largest absolute Gasteiger partial charge is 0.391 e. The average Bonchev–Trinajstić information content (AvgIpc) is 2.60. The van der Waals surface area contributed by atoms with Gasteiger partial charge in [0.25, 0.3) is 0 Å². The van der Waals surface area contributed by atoms with Gasteiger partial charge in [-0.25, -0.2) is 0 Å². The van der Waals surface area contributed by atoms with Gasteiger partial charge in [0, 0.05) is 39.6 Å². The van der Waals surface area contributed by atoms with Gasteiger partial charge in [-0.15, -0.1) is 0 Å². The molecule has 1 heterocycles. The van der Waals surface area contributed by atoms with Gasteiger partial charge < -0.3 is 20.3 Å². The Morgan fingerprint density at radius 3 is 2.59 bits per heavy atom. The van der Waals surface area contributed by atoms with Crippen molar-refractivity contribution in [1.82, 2.24) is 10.2 Å². The van der Waals surface area contributed by atoms with Crippen molar-refractivity contribution in [2.75, 3.05) is 39.3 Å². The molecule has 0 radical (unpaired) electrons. The van der Waals surface area contributed by atoms with Gasteiger partial charge in [-0.2, -0.15) is 0 Å². The van der Waals surface area contributed by atoms with Crippen LogP contribution in [0.5, 0.6) is 0 Å². The third kappa shape index (κ3) is 5.84. The molecule has 8 heteroatoms. The number of nitrogens with zero attached hydrogens (tertiary/aromatic N) is 2. The Morgan fingerprint density at radius 2 is 2.04 bits per heavy atom. The molecule has 27 heavy (non-hydrogen) atoms. The maximum absolute atomic E-state index is 11.0. The Labute approximate surface area is 162 Å². The Morgan fingerprint density at radius 1 is 1.41 bits per heavy atom. The molecule has 0 aromatic rings. The monoisotopic (exact) mass is 387 g/mol. The van der Waals surface area contributed by atoms with Crippen molar-refractivity contribution in [2.24, 2.45) is 17.3 Å². The summed E-state index contributed by atoms with van der Waals surface area (Å²) < 4.78 is 5.89. The molecule has 5 unspecified atom stereocenters. The van der Waals surface area contributed by atoms with Gasteiger partial charge in [-0.1, -0.05) is 20.8 Å². The van der Waals surface area contributed by atoms with Crippen LogP contribution in [0.25, 0.3) is 0 Å². The second kappa shape index (κ2) is 9.13. The van der Waals surface area contributed by atoms with Crippen molar-refractivity contribution in [3.8, 4) is 0 Å². The predicted octanol–water partition coefficient (Wildman–Crippen LogP) is 1.09. The molecule has 1 saturated carbocycles. The van der Waals surface area contributed by atoms with E-state index in [1.807, 2.05) is 0 Å². The van der Waals surface area contributed by atoms with Gasteiger partial charge in [0.1, 0.15) is 6.61 Å². The molecule has 0 spiro atoms. The van der Waals surface area contributed by atoms with Crippen LogP contribution in [0, 0.1) is 27.4 Å². The van der Waals surface area contributed by atoms with Crippen molar-refractivity contribution in [2.45, 2.75) is 64.9 Å². The minimum atomic E-state index is -2.09. The average molecular weight is 388 g/mol. The highest BCUT2D eigenvalue weighted by atomic mass is 16.7. The molecule has 0 bridgehead atoms. The molecular weight excluding hydrogens is 350 g/mol. The van der Waals surface area contributed by atoms with Crippen molar-refractivity contribution in [1.29, 1.82) is 0 Å². The first-order chi connectivity index (χ1) is 12.5. The molecule has 2 aliphatic rings. The van der Waals surface area contributed by atoms with Crippen LogP contribution in [-0.4, -0.2) is 77.3 Å². The lowest BCUT2D eigenvalue weighted by Crippen LogP contribution is -2.52. The summed E-state index contributed by atoms with van der Waals surface area (Å²) in [5.41, 5.74) is -2.38.